The van der Waals surface area contributed by atoms with Gasteiger partial charge in [0.1, 0.15) is 12.0 Å². The summed E-state index contributed by atoms with van der Waals surface area (Å²) in [6, 6.07) is 7.98. The van der Waals surface area contributed by atoms with Crippen molar-refractivity contribution >= 4 is 17.6 Å². The molecule has 0 radical (unpaired) electrons. The third kappa shape index (κ3) is 1.42. The number of nitrogens with zero attached hydrogens (tertiary/aromatic N) is 5. The zero-order valence-electron chi connectivity index (χ0n) is 8.70. The number of benzene rings is 1. The van der Waals surface area contributed by atoms with Crippen molar-refractivity contribution in [3.8, 4) is 0 Å². The van der Waals surface area contributed by atoms with Crippen LogP contribution in [-0.2, 0) is 0 Å². The summed E-state index contributed by atoms with van der Waals surface area (Å²) >= 11 is 0. The van der Waals surface area contributed by atoms with Crippen LogP contribution in [0.1, 0.15) is 11.4 Å². The zero-order chi connectivity index (χ0) is 11.0. The van der Waals surface area contributed by atoms with Gasteiger partial charge < -0.3 is 0 Å². The van der Waals surface area contributed by atoms with E-state index in [4.69, 9.17) is 0 Å². The monoisotopic (exact) mass is 211 g/mol. The molecule has 0 spiro atoms. The van der Waals surface area contributed by atoms with Gasteiger partial charge in [-0.2, -0.15) is 5.10 Å². The van der Waals surface area contributed by atoms with Crippen LogP contribution in [0, 0.1) is 6.92 Å². The molecule has 0 fully saturated rings. The summed E-state index contributed by atoms with van der Waals surface area (Å²) in [6.07, 6.45) is 3.13. The Morgan fingerprint density at radius 1 is 1.19 bits per heavy atom. The molecule has 0 unspecified atom stereocenters. The lowest BCUT2D eigenvalue weighted by molar-refractivity contribution is 0.747. The van der Waals surface area contributed by atoms with Crippen LogP contribution in [0.2, 0.25) is 0 Å². The summed E-state index contributed by atoms with van der Waals surface area (Å²) < 4.78 is 0. The highest BCUT2D eigenvalue weighted by molar-refractivity contribution is 6.38. The number of aryl methyl sites for hydroxylation is 1. The lowest BCUT2D eigenvalue weighted by Crippen LogP contribution is -2.01. The summed E-state index contributed by atoms with van der Waals surface area (Å²) in [5.41, 5.74) is 2.84. The Hall–Kier alpha value is -2.30. The summed E-state index contributed by atoms with van der Waals surface area (Å²) in [6.45, 7) is 2.05. The van der Waals surface area contributed by atoms with E-state index in [1.165, 1.54) is 16.7 Å². The van der Waals surface area contributed by atoms with Crippen molar-refractivity contribution < 1.29 is 0 Å². The molecule has 0 bridgehead atoms. The van der Waals surface area contributed by atoms with Crippen molar-refractivity contribution in [2.75, 3.05) is 0 Å². The predicted molar refractivity (Wildman–Crippen MR) is 61.3 cm³/mol. The molecule has 0 aliphatic carbocycles. The molecule has 0 saturated heterocycles. The first-order valence-electron chi connectivity index (χ1n) is 4.93. The van der Waals surface area contributed by atoms with Crippen LogP contribution >= 0.6 is 0 Å². The van der Waals surface area contributed by atoms with Gasteiger partial charge in [0, 0.05) is 0 Å². The lowest BCUT2D eigenvalue weighted by Gasteiger charge is -1.95. The van der Waals surface area contributed by atoms with Gasteiger partial charge in [0.25, 0.3) is 0 Å². The maximum Gasteiger partial charge on any atom is 0.203 e. The van der Waals surface area contributed by atoms with Gasteiger partial charge in [-0.05, 0) is 19.1 Å². The number of hydrogen-bond donors (Lipinski definition) is 0. The first-order chi connectivity index (χ1) is 7.83. The molecule has 0 amide bonds. The van der Waals surface area contributed by atoms with E-state index in [0.717, 1.165) is 11.4 Å². The first-order valence-corrected chi connectivity index (χ1v) is 4.93. The molecule has 3 rings (SSSR count). The van der Waals surface area contributed by atoms with Crippen LogP contribution in [0.3, 0.4) is 0 Å². The van der Waals surface area contributed by atoms with E-state index in [0.29, 0.717) is 5.82 Å². The van der Waals surface area contributed by atoms with E-state index in [9.17, 15) is 0 Å². The zero-order valence-corrected chi connectivity index (χ0v) is 8.70. The summed E-state index contributed by atoms with van der Waals surface area (Å²) in [7, 11) is 0. The predicted octanol–water partition coefficient (Wildman–Crippen LogP) is 1.55. The van der Waals surface area contributed by atoms with Gasteiger partial charge in [-0.1, -0.05) is 17.7 Å². The maximum absolute atomic E-state index is 4.46. The number of rotatable bonds is 1. The van der Waals surface area contributed by atoms with Crippen molar-refractivity contribution in [1.29, 1.82) is 0 Å². The molecule has 1 aromatic carbocycles. The van der Waals surface area contributed by atoms with Crippen molar-refractivity contribution in [3.05, 3.63) is 42.0 Å². The highest BCUT2D eigenvalue weighted by Crippen LogP contribution is 2.15. The van der Waals surface area contributed by atoms with Crippen molar-refractivity contribution in [3.63, 3.8) is 0 Å². The molecule has 1 aromatic heterocycles. The number of hydrogen-bond acceptors (Lipinski definition) is 4. The Balaban J connectivity index is 2.01. The third-order valence-corrected chi connectivity index (χ3v) is 2.33. The molecular weight excluding hydrogens is 202 g/mol. The minimum absolute atomic E-state index is 0.681. The molecule has 2 heterocycles. The van der Waals surface area contributed by atoms with Crippen LogP contribution < -0.4 is 0 Å². The van der Waals surface area contributed by atoms with Crippen LogP contribution in [0.5, 0.6) is 0 Å². The molecule has 1 aliphatic rings. The second-order valence-electron chi connectivity index (χ2n) is 3.55. The highest BCUT2D eigenvalue weighted by atomic mass is 15.6. The van der Waals surface area contributed by atoms with E-state index < -0.39 is 0 Å². The smallest absolute Gasteiger partial charge is 0.203 e. The highest BCUT2D eigenvalue weighted by Gasteiger charge is 2.15. The van der Waals surface area contributed by atoms with Gasteiger partial charge in [-0.3, -0.25) is 0 Å². The van der Waals surface area contributed by atoms with Crippen molar-refractivity contribution in [2.45, 2.75) is 6.92 Å². The fourth-order valence-electron chi connectivity index (χ4n) is 1.49. The molecule has 16 heavy (non-hydrogen) atoms. The number of aromatic nitrogens is 3. The fraction of sp³-hybridized carbons (Fsp3) is 0.0909. The standard InChI is InChI=1S/C11H9N5/c1-8-2-4-9(5-3-8)15-10-6-13-16-11(10)12-7-14-16/h2-7H,1H3. The van der Waals surface area contributed by atoms with Gasteiger partial charge in [-0.25, -0.2) is 9.98 Å². The minimum Gasteiger partial charge on any atom is -0.243 e. The average Bonchev–Trinajstić information content (AvgIpc) is 2.86. The fourth-order valence-corrected chi connectivity index (χ4v) is 1.49. The normalized spacial score (nSPS) is 15.7. The van der Waals surface area contributed by atoms with E-state index in [-0.39, 0.29) is 0 Å². The topological polar surface area (TPSA) is 55.4 Å². The van der Waals surface area contributed by atoms with Crippen molar-refractivity contribution in [1.82, 2.24) is 14.9 Å². The summed E-state index contributed by atoms with van der Waals surface area (Å²) in [5.74, 6) is 0.681. The quantitative estimate of drug-likeness (QED) is 0.718. The van der Waals surface area contributed by atoms with E-state index in [1.807, 2.05) is 31.2 Å². The second-order valence-corrected chi connectivity index (χ2v) is 3.55. The molecule has 1 aliphatic heterocycles. The second kappa shape index (κ2) is 3.37. The van der Waals surface area contributed by atoms with Crippen LogP contribution in [0.25, 0.3) is 0 Å². The molecule has 5 heteroatoms. The van der Waals surface area contributed by atoms with Gasteiger partial charge in [0.15, 0.2) is 0 Å². The molecule has 0 atom stereocenters. The third-order valence-electron chi connectivity index (χ3n) is 2.33. The Labute approximate surface area is 92.2 Å². The molecule has 78 valence electrons. The SMILES string of the molecule is Cc1ccc(N=C2C=Nn3ncnc32)cc1. The Morgan fingerprint density at radius 2 is 2.00 bits per heavy atom. The van der Waals surface area contributed by atoms with Gasteiger partial charge in [-0.15, -0.1) is 9.89 Å². The van der Waals surface area contributed by atoms with Crippen LogP contribution in [0.4, 0.5) is 5.69 Å². The Kier molecular flexibility index (Phi) is 1.89. The van der Waals surface area contributed by atoms with Gasteiger partial charge >= 0.3 is 0 Å². The van der Waals surface area contributed by atoms with Crippen molar-refractivity contribution in [2.24, 2.45) is 10.1 Å². The van der Waals surface area contributed by atoms with E-state index >= 15 is 0 Å². The molecule has 2 aromatic rings. The molecular formula is C11H9N5. The number of aliphatic imine (C=N–C) groups is 1. The van der Waals surface area contributed by atoms with E-state index in [1.54, 1.807) is 6.21 Å². The first kappa shape index (κ1) is 8.96. The lowest BCUT2D eigenvalue weighted by atomic mass is 10.2. The summed E-state index contributed by atoms with van der Waals surface area (Å²) in [5, 5.41) is 7.97. The number of fused-ring (bicyclic) bond motifs is 1. The Morgan fingerprint density at radius 3 is 2.81 bits per heavy atom. The molecule has 5 nitrogen and oxygen atoms in total. The Bertz CT molecular complexity index is 577. The van der Waals surface area contributed by atoms with Crippen LogP contribution in [-0.4, -0.2) is 26.8 Å². The average molecular weight is 211 g/mol. The maximum atomic E-state index is 4.46. The van der Waals surface area contributed by atoms with Gasteiger partial charge in [0.2, 0.25) is 5.82 Å². The van der Waals surface area contributed by atoms with Crippen LogP contribution in [0.15, 0.2) is 40.7 Å². The van der Waals surface area contributed by atoms with Gasteiger partial charge in [0.05, 0.1) is 11.9 Å². The molecule has 0 saturated carbocycles. The molecule has 0 N–H and O–H groups in total. The van der Waals surface area contributed by atoms with E-state index in [2.05, 4.69) is 20.2 Å². The largest absolute Gasteiger partial charge is 0.243 e. The minimum atomic E-state index is 0.681. The summed E-state index contributed by atoms with van der Waals surface area (Å²) in [4.78, 5) is 10.0.